The Kier molecular flexibility index (Phi) is 4.34. The first-order valence-electron chi connectivity index (χ1n) is 7.37. The molecular formula is C19H15N3O2. The van der Waals surface area contributed by atoms with Crippen molar-refractivity contribution in [3.63, 3.8) is 0 Å². The Morgan fingerprint density at radius 2 is 1.54 bits per heavy atom. The first-order valence-corrected chi connectivity index (χ1v) is 7.37. The van der Waals surface area contributed by atoms with Crippen molar-refractivity contribution in [1.29, 1.82) is 0 Å². The summed E-state index contributed by atoms with van der Waals surface area (Å²) < 4.78 is 0. The van der Waals surface area contributed by atoms with Crippen LogP contribution < -0.4 is 10.6 Å². The average molecular weight is 317 g/mol. The van der Waals surface area contributed by atoms with Crippen LogP contribution in [0.2, 0.25) is 0 Å². The van der Waals surface area contributed by atoms with Crippen LogP contribution in [0, 0.1) is 0 Å². The lowest BCUT2D eigenvalue weighted by atomic mass is 10.1. The molecule has 3 rings (SSSR count). The van der Waals surface area contributed by atoms with Gasteiger partial charge in [0.2, 0.25) is 5.91 Å². The SMILES string of the molecule is NC(=O)c1cccc(C(=O)N(c2ccccc2)c2ccccn2)c1. The molecule has 0 bridgehead atoms. The summed E-state index contributed by atoms with van der Waals surface area (Å²) in [5, 5.41) is 0. The van der Waals surface area contributed by atoms with E-state index in [4.69, 9.17) is 5.73 Å². The van der Waals surface area contributed by atoms with Crippen molar-refractivity contribution in [2.24, 2.45) is 5.73 Å². The number of pyridine rings is 1. The molecule has 0 unspecified atom stereocenters. The van der Waals surface area contributed by atoms with Gasteiger partial charge in [0.25, 0.3) is 5.91 Å². The quantitative estimate of drug-likeness (QED) is 0.803. The summed E-state index contributed by atoms with van der Waals surface area (Å²) in [5.41, 5.74) is 6.64. The molecule has 0 saturated carbocycles. The van der Waals surface area contributed by atoms with E-state index >= 15 is 0 Å². The number of amides is 2. The lowest BCUT2D eigenvalue weighted by Crippen LogP contribution is -2.27. The van der Waals surface area contributed by atoms with Gasteiger partial charge in [-0.2, -0.15) is 0 Å². The van der Waals surface area contributed by atoms with Crippen LogP contribution in [0.1, 0.15) is 20.7 Å². The summed E-state index contributed by atoms with van der Waals surface area (Å²) in [6.07, 6.45) is 1.62. The molecule has 2 N–H and O–H groups in total. The highest BCUT2D eigenvalue weighted by molar-refractivity contribution is 6.11. The van der Waals surface area contributed by atoms with Crippen LogP contribution in [0.25, 0.3) is 0 Å². The van der Waals surface area contributed by atoms with E-state index in [0.29, 0.717) is 17.1 Å². The van der Waals surface area contributed by atoms with Crippen LogP contribution >= 0.6 is 0 Å². The summed E-state index contributed by atoms with van der Waals surface area (Å²) in [5.74, 6) is -0.366. The van der Waals surface area contributed by atoms with E-state index < -0.39 is 5.91 Å². The Labute approximate surface area is 139 Å². The van der Waals surface area contributed by atoms with Crippen LogP contribution in [-0.2, 0) is 0 Å². The highest BCUT2D eigenvalue weighted by Gasteiger charge is 2.21. The number of rotatable bonds is 4. The zero-order valence-corrected chi connectivity index (χ0v) is 12.8. The number of anilines is 2. The number of hydrogen-bond donors (Lipinski definition) is 1. The minimum Gasteiger partial charge on any atom is -0.366 e. The zero-order valence-electron chi connectivity index (χ0n) is 12.8. The molecule has 0 aliphatic heterocycles. The number of carbonyl (C=O) groups excluding carboxylic acids is 2. The molecule has 0 spiro atoms. The fourth-order valence-electron chi connectivity index (χ4n) is 2.35. The van der Waals surface area contributed by atoms with Crippen LogP contribution in [0.4, 0.5) is 11.5 Å². The third kappa shape index (κ3) is 3.15. The minimum absolute atomic E-state index is 0.287. The van der Waals surface area contributed by atoms with Crippen molar-refractivity contribution in [3.8, 4) is 0 Å². The average Bonchev–Trinajstić information content (AvgIpc) is 2.64. The number of para-hydroxylation sites is 1. The molecule has 1 heterocycles. The Morgan fingerprint density at radius 1 is 0.833 bits per heavy atom. The van der Waals surface area contributed by atoms with E-state index in [2.05, 4.69) is 4.98 Å². The van der Waals surface area contributed by atoms with Gasteiger partial charge in [-0.15, -0.1) is 0 Å². The van der Waals surface area contributed by atoms with Crippen molar-refractivity contribution in [3.05, 3.63) is 90.1 Å². The van der Waals surface area contributed by atoms with Crippen molar-refractivity contribution in [2.45, 2.75) is 0 Å². The fourth-order valence-corrected chi connectivity index (χ4v) is 2.35. The van der Waals surface area contributed by atoms with Crippen molar-refractivity contribution >= 4 is 23.3 Å². The molecule has 0 fully saturated rings. The molecule has 0 radical (unpaired) electrons. The van der Waals surface area contributed by atoms with Gasteiger partial charge in [0.05, 0.1) is 5.69 Å². The predicted octanol–water partition coefficient (Wildman–Crippen LogP) is 3.16. The molecule has 24 heavy (non-hydrogen) atoms. The number of hydrogen-bond acceptors (Lipinski definition) is 3. The van der Waals surface area contributed by atoms with Gasteiger partial charge >= 0.3 is 0 Å². The van der Waals surface area contributed by atoms with Gasteiger partial charge in [0, 0.05) is 17.3 Å². The molecule has 1 aromatic heterocycles. The van der Waals surface area contributed by atoms with Crippen LogP contribution in [0.15, 0.2) is 79.0 Å². The summed E-state index contributed by atoms with van der Waals surface area (Å²) in [6, 6.07) is 20.9. The van der Waals surface area contributed by atoms with Crippen molar-refractivity contribution in [2.75, 3.05) is 4.90 Å². The summed E-state index contributed by atoms with van der Waals surface area (Å²) in [7, 11) is 0. The van der Waals surface area contributed by atoms with Crippen LogP contribution in [0.5, 0.6) is 0 Å². The van der Waals surface area contributed by atoms with Crippen molar-refractivity contribution in [1.82, 2.24) is 4.98 Å². The normalized spacial score (nSPS) is 10.2. The standard InChI is InChI=1S/C19H15N3O2/c20-18(23)14-7-6-8-15(13-14)19(24)22(16-9-2-1-3-10-16)17-11-4-5-12-21-17/h1-13H,(H2,20,23). The Bertz CT molecular complexity index is 825. The Hall–Kier alpha value is -3.47. The predicted molar refractivity (Wildman–Crippen MR) is 92.1 cm³/mol. The van der Waals surface area contributed by atoms with E-state index in [1.807, 2.05) is 36.4 Å². The highest BCUT2D eigenvalue weighted by Crippen LogP contribution is 2.25. The second-order valence-electron chi connectivity index (χ2n) is 5.11. The zero-order chi connectivity index (χ0) is 16.9. The maximum Gasteiger partial charge on any atom is 0.264 e. The van der Waals surface area contributed by atoms with E-state index in [-0.39, 0.29) is 11.5 Å². The monoisotopic (exact) mass is 317 g/mol. The maximum atomic E-state index is 13.1. The lowest BCUT2D eigenvalue weighted by molar-refractivity contribution is 0.0998. The first kappa shape index (κ1) is 15.4. The van der Waals surface area contributed by atoms with Gasteiger partial charge < -0.3 is 5.73 Å². The van der Waals surface area contributed by atoms with E-state index in [1.54, 1.807) is 36.5 Å². The minimum atomic E-state index is -0.575. The molecule has 3 aromatic rings. The molecule has 0 aliphatic rings. The molecule has 0 saturated heterocycles. The number of nitrogens with zero attached hydrogens (tertiary/aromatic N) is 2. The van der Waals surface area contributed by atoms with Crippen molar-refractivity contribution < 1.29 is 9.59 Å². The van der Waals surface area contributed by atoms with Gasteiger partial charge in [-0.25, -0.2) is 4.98 Å². The van der Waals surface area contributed by atoms with Gasteiger partial charge in [0.1, 0.15) is 5.82 Å². The second kappa shape index (κ2) is 6.75. The lowest BCUT2D eigenvalue weighted by Gasteiger charge is -2.22. The molecule has 5 heteroatoms. The molecular weight excluding hydrogens is 302 g/mol. The number of aromatic nitrogens is 1. The van der Waals surface area contributed by atoms with E-state index in [9.17, 15) is 9.59 Å². The van der Waals surface area contributed by atoms with Gasteiger partial charge in [-0.05, 0) is 42.5 Å². The second-order valence-corrected chi connectivity index (χ2v) is 5.11. The molecule has 0 aliphatic carbocycles. The fraction of sp³-hybridized carbons (Fsp3) is 0. The molecule has 5 nitrogen and oxygen atoms in total. The Balaban J connectivity index is 2.08. The number of carbonyl (C=O) groups is 2. The smallest absolute Gasteiger partial charge is 0.264 e. The Morgan fingerprint density at radius 3 is 2.21 bits per heavy atom. The van der Waals surface area contributed by atoms with E-state index in [1.165, 1.54) is 11.0 Å². The van der Waals surface area contributed by atoms with Crippen LogP contribution in [-0.4, -0.2) is 16.8 Å². The topological polar surface area (TPSA) is 76.3 Å². The largest absolute Gasteiger partial charge is 0.366 e. The molecule has 2 amide bonds. The number of benzene rings is 2. The number of primary amides is 1. The molecule has 2 aromatic carbocycles. The highest BCUT2D eigenvalue weighted by atomic mass is 16.2. The van der Waals surface area contributed by atoms with Gasteiger partial charge in [-0.3, -0.25) is 14.5 Å². The van der Waals surface area contributed by atoms with Crippen LogP contribution in [0.3, 0.4) is 0 Å². The summed E-state index contributed by atoms with van der Waals surface area (Å²) in [4.78, 5) is 30.2. The maximum absolute atomic E-state index is 13.1. The van der Waals surface area contributed by atoms with E-state index in [0.717, 1.165) is 0 Å². The molecule has 0 atom stereocenters. The summed E-state index contributed by atoms with van der Waals surface area (Å²) >= 11 is 0. The molecule has 118 valence electrons. The first-order chi connectivity index (χ1) is 11.7. The summed E-state index contributed by atoms with van der Waals surface area (Å²) in [6.45, 7) is 0. The van der Waals surface area contributed by atoms with Gasteiger partial charge in [-0.1, -0.05) is 30.3 Å². The third-order valence-corrected chi connectivity index (χ3v) is 3.49. The third-order valence-electron chi connectivity index (χ3n) is 3.49. The number of nitrogens with two attached hydrogens (primary N) is 1. The van der Waals surface area contributed by atoms with Gasteiger partial charge in [0.15, 0.2) is 0 Å².